The number of likely N-dealkylation sites (tertiary alicyclic amines) is 1. The lowest BCUT2D eigenvalue weighted by Crippen LogP contribution is -2.34. The number of hydrogen-bond acceptors (Lipinski definition) is 2. The molecule has 1 atom stereocenters. The number of rotatable bonds is 5. The molecule has 1 saturated heterocycles. The maximum atomic E-state index is 12.7. The molecule has 27 heavy (non-hydrogen) atoms. The number of hydrogen-bond donors (Lipinski definition) is 1. The summed E-state index contributed by atoms with van der Waals surface area (Å²) in [5.74, 6) is 0.620. The van der Waals surface area contributed by atoms with Gasteiger partial charge in [0.2, 0.25) is 0 Å². The van der Waals surface area contributed by atoms with Gasteiger partial charge in [0.1, 0.15) is 5.69 Å². The average molecular weight is 361 g/mol. The quantitative estimate of drug-likeness (QED) is 0.752. The van der Waals surface area contributed by atoms with E-state index in [1.807, 2.05) is 23.7 Å². The lowest BCUT2D eigenvalue weighted by molar-refractivity contribution is 0.0942. The Morgan fingerprint density at radius 1 is 1.15 bits per heavy atom. The Bertz CT molecular complexity index is 945. The van der Waals surface area contributed by atoms with Crippen LogP contribution in [0.5, 0.6) is 0 Å². The van der Waals surface area contributed by atoms with Crippen LogP contribution in [0.4, 0.5) is 0 Å². The molecule has 140 valence electrons. The van der Waals surface area contributed by atoms with Crippen molar-refractivity contribution in [1.29, 1.82) is 0 Å². The second-order valence-electron chi connectivity index (χ2n) is 7.55. The molecule has 1 aliphatic rings. The van der Waals surface area contributed by atoms with E-state index in [1.165, 1.54) is 17.5 Å². The highest BCUT2D eigenvalue weighted by Crippen LogP contribution is 2.26. The molecule has 0 spiro atoms. The van der Waals surface area contributed by atoms with Gasteiger partial charge in [-0.15, -0.1) is 0 Å². The van der Waals surface area contributed by atoms with Crippen molar-refractivity contribution in [2.24, 2.45) is 7.05 Å². The van der Waals surface area contributed by atoms with Crippen LogP contribution in [0.3, 0.4) is 0 Å². The molecule has 4 rings (SSSR count). The van der Waals surface area contributed by atoms with Crippen molar-refractivity contribution >= 4 is 16.8 Å². The van der Waals surface area contributed by atoms with Gasteiger partial charge < -0.3 is 14.8 Å². The van der Waals surface area contributed by atoms with Gasteiger partial charge in [-0.3, -0.25) is 4.79 Å². The fourth-order valence-corrected chi connectivity index (χ4v) is 4.29. The molecule has 0 saturated carbocycles. The molecule has 1 amide bonds. The first-order valence-corrected chi connectivity index (χ1v) is 9.74. The molecule has 3 aromatic rings. The minimum atomic E-state index is 0.00639. The summed E-state index contributed by atoms with van der Waals surface area (Å²) in [6.07, 6.45) is 1.19. The Morgan fingerprint density at radius 2 is 1.96 bits per heavy atom. The number of fused-ring (bicyclic) bond motifs is 1. The van der Waals surface area contributed by atoms with E-state index in [9.17, 15) is 4.79 Å². The van der Waals surface area contributed by atoms with Crippen LogP contribution in [-0.4, -0.2) is 41.6 Å². The van der Waals surface area contributed by atoms with Gasteiger partial charge in [0.05, 0.1) is 5.52 Å². The van der Waals surface area contributed by atoms with Gasteiger partial charge in [-0.1, -0.05) is 48.5 Å². The summed E-state index contributed by atoms with van der Waals surface area (Å²) >= 11 is 0. The zero-order chi connectivity index (χ0) is 18.8. The van der Waals surface area contributed by atoms with Crippen molar-refractivity contribution in [2.45, 2.75) is 19.3 Å². The number of nitrogens with one attached hydrogen (secondary N) is 1. The first-order chi connectivity index (χ1) is 13.1. The molecule has 1 aromatic heterocycles. The van der Waals surface area contributed by atoms with Gasteiger partial charge in [-0.25, -0.2) is 0 Å². The summed E-state index contributed by atoms with van der Waals surface area (Å²) in [6, 6.07) is 18.9. The predicted octanol–water partition coefficient (Wildman–Crippen LogP) is 3.71. The molecule has 2 aromatic carbocycles. The Morgan fingerprint density at radius 3 is 2.74 bits per heavy atom. The topological polar surface area (TPSA) is 37.3 Å². The van der Waals surface area contributed by atoms with E-state index in [0.717, 1.165) is 36.2 Å². The number of amides is 1. The molecular weight excluding hydrogens is 334 g/mol. The fourth-order valence-electron chi connectivity index (χ4n) is 4.29. The highest BCUT2D eigenvalue weighted by molar-refractivity contribution is 5.99. The Balaban J connectivity index is 1.33. The van der Waals surface area contributed by atoms with Crippen molar-refractivity contribution in [3.8, 4) is 0 Å². The van der Waals surface area contributed by atoms with Gasteiger partial charge >= 0.3 is 0 Å². The number of aryl methyl sites for hydroxylation is 2. The minimum Gasteiger partial charge on any atom is -0.349 e. The third-order valence-corrected chi connectivity index (χ3v) is 5.75. The second kappa shape index (κ2) is 7.57. The minimum absolute atomic E-state index is 0.00639. The summed E-state index contributed by atoms with van der Waals surface area (Å²) in [5, 5.41) is 4.22. The molecule has 2 heterocycles. The van der Waals surface area contributed by atoms with Crippen LogP contribution >= 0.6 is 0 Å². The predicted molar refractivity (Wildman–Crippen MR) is 110 cm³/mol. The monoisotopic (exact) mass is 361 g/mol. The van der Waals surface area contributed by atoms with Crippen molar-refractivity contribution in [2.75, 3.05) is 26.2 Å². The SMILES string of the molecule is Cc1cccc2cc(C(=O)NCCN3CCC(c4ccccc4)C3)n(C)c12. The lowest BCUT2D eigenvalue weighted by atomic mass is 9.99. The third kappa shape index (κ3) is 3.62. The van der Waals surface area contributed by atoms with E-state index in [-0.39, 0.29) is 5.91 Å². The molecule has 1 aliphatic heterocycles. The van der Waals surface area contributed by atoms with Gasteiger partial charge in [0, 0.05) is 32.1 Å². The third-order valence-electron chi connectivity index (χ3n) is 5.75. The smallest absolute Gasteiger partial charge is 0.267 e. The first-order valence-electron chi connectivity index (χ1n) is 9.74. The molecule has 4 heteroatoms. The Labute approximate surface area is 160 Å². The number of nitrogens with zero attached hydrogens (tertiary/aromatic N) is 2. The van der Waals surface area contributed by atoms with Crippen molar-refractivity contribution < 1.29 is 4.79 Å². The van der Waals surface area contributed by atoms with Crippen LogP contribution in [0.2, 0.25) is 0 Å². The van der Waals surface area contributed by atoms with E-state index in [2.05, 4.69) is 59.6 Å². The number of carbonyl (C=O) groups is 1. The molecule has 0 bridgehead atoms. The highest BCUT2D eigenvalue weighted by Gasteiger charge is 2.23. The molecule has 1 fully saturated rings. The van der Waals surface area contributed by atoms with E-state index in [4.69, 9.17) is 0 Å². The van der Waals surface area contributed by atoms with Gasteiger partial charge in [0.25, 0.3) is 5.91 Å². The average Bonchev–Trinajstić information content (AvgIpc) is 3.28. The normalized spacial score (nSPS) is 17.5. The highest BCUT2D eigenvalue weighted by atomic mass is 16.1. The number of carbonyl (C=O) groups excluding carboxylic acids is 1. The molecule has 1 N–H and O–H groups in total. The largest absolute Gasteiger partial charge is 0.349 e. The van der Waals surface area contributed by atoms with E-state index in [1.54, 1.807) is 0 Å². The summed E-state index contributed by atoms with van der Waals surface area (Å²) in [6.45, 7) is 5.84. The molecular formula is C23H27N3O. The lowest BCUT2D eigenvalue weighted by Gasteiger charge is -2.16. The van der Waals surface area contributed by atoms with Crippen LogP contribution in [0.25, 0.3) is 10.9 Å². The maximum Gasteiger partial charge on any atom is 0.267 e. The van der Waals surface area contributed by atoms with Gasteiger partial charge in [0.15, 0.2) is 0 Å². The van der Waals surface area contributed by atoms with Crippen LogP contribution in [0.1, 0.15) is 34.0 Å². The van der Waals surface area contributed by atoms with E-state index >= 15 is 0 Å². The number of para-hydroxylation sites is 1. The van der Waals surface area contributed by atoms with Gasteiger partial charge in [-0.2, -0.15) is 0 Å². The zero-order valence-corrected chi connectivity index (χ0v) is 16.1. The fraction of sp³-hybridized carbons (Fsp3) is 0.348. The Kier molecular flexibility index (Phi) is 4.99. The number of aromatic nitrogens is 1. The molecule has 4 nitrogen and oxygen atoms in total. The Hall–Kier alpha value is -2.59. The van der Waals surface area contributed by atoms with Crippen LogP contribution in [0.15, 0.2) is 54.6 Å². The first kappa shape index (κ1) is 17.8. The molecule has 0 radical (unpaired) electrons. The summed E-state index contributed by atoms with van der Waals surface area (Å²) in [5.41, 5.74) is 4.48. The van der Waals surface area contributed by atoms with Gasteiger partial charge in [-0.05, 0) is 43.0 Å². The standard InChI is InChI=1S/C23H27N3O/c1-17-7-6-10-19-15-21(25(2)22(17)19)23(27)24-12-14-26-13-11-20(16-26)18-8-4-3-5-9-18/h3-10,15,20H,11-14,16H2,1-2H3,(H,24,27). The maximum absolute atomic E-state index is 12.7. The second-order valence-corrected chi connectivity index (χ2v) is 7.55. The van der Waals surface area contributed by atoms with Crippen molar-refractivity contribution in [3.63, 3.8) is 0 Å². The van der Waals surface area contributed by atoms with E-state index < -0.39 is 0 Å². The van der Waals surface area contributed by atoms with Crippen molar-refractivity contribution in [3.05, 3.63) is 71.4 Å². The zero-order valence-electron chi connectivity index (χ0n) is 16.1. The van der Waals surface area contributed by atoms with E-state index in [0.29, 0.717) is 12.5 Å². The summed E-state index contributed by atoms with van der Waals surface area (Å²) in [4.78, 5) is 15.1. The number of benzene rings is 2. The summed E-state index contributed by atoms with van der Waals surface area (Å²) < 4.78 is 2.00. The van der Waals surface area contributed by atoms with Crippen molar-refractivity contribution in [1.82, 2.24) is 14.8 Å². The van der Waals surface area contributed by atoms with Crippen LogP contribution in [0, 0.1) is 6.92 Å². The summed E-state index contributed by atoms with van der Waals surface area (Å²) in [7, 11) is 1.97. The van der Waals surface area contributed by atoms with Crippen LogP contribution in [-0.2, 0) is 7.05 Å². The molecule has 1 unspecified atom stereocenters. The molecule has 0 aliphatic carbocycles. The van der Waals surface area contributed by atoms with Crippen LogP contribution < -0.4 is 5.32 Å².